The number of aliphatic hydroxyl groups excluding tert-OH is 1. The average molecular weight is 495 g/mol. The van der Waals surface area contributed by atoms with Crippen LogP contribution in [0.4, 0.5) is 13.2 Å². The number of hydrogen-bond acceptors (Lipinski definition) is 3. The summed E-state index contributed by atoms with van der Waals surface area (Å²) in [5, 5.41) is 10.6. The molecule has 0 aromatic heterocycles. The Morgan fingerprint density at radius 1 is 1.00 bits per heavy atom. The lowest BCUT2D eigenvalue weighted by Gasteiger charge is -2.28. The highest BCUT2D eigenvalue weighted by Gasteiger charge is 2.32. The van der Waals surface area contributed by atoms with E-state index in [4.69, 9.17) is 0 Å². The van der Waals surface area contributed by atoms with E-state index in [0.717, 1.165) is 33.7 Å². The summed E-state index contributed by atoms with van der Waals surface area (Å²) in [5.41, 5.74) is 2.62. The van der Waals surface area contributed by atoms with E-state index in [0.29, 0.717) is 24.2 Å². The number of halogens is 3. The van der Waals surface area contributed by atoms with Gasteiger partial charge in [-0.15, -0.1) is 11.8 Å². The molecule has 6 heteroatoms. The number of Topliss-reactive ketones (excluding diaryl/α,β-unsaturated/α-hetero) is 1. The first-order chi connectivity index (χ1) is 16.1. The van der Waals surface area contributed by atoms with Gasteiger partial charge in [-0.1, -0.05) is 58.4 Å². The van der Waals surface area contributed by atoms with Crippen LogP contribution in [0.15, 0.2) is 53.1 Å². The lowest BCUT2D eigenvalue weighted by Crippen LogP contribution is -2.25. The molecule has 2 nitrogen and oxygen atoms in total. The van der Waals surface area contributed by atoms with Crippen LogP contribution in [0.25, 0.3) is 5.57 Å². The number of hydrogen-bond donors (Lipinski definition) is 1. The molecule has 2 aromatic rings. The second kappa shape index (κ2) is 13.6. The summed E-state index contributed by atoms with van der Waals surface area (Å²) in [6.45, 7) is 13.9. The normalized spacial score (nSPS) is 16.8. The fourth-order valence-corrected chi connectivity index (χ4v) is 4.89. The predicted octanol–water partition coefficient (Wildman–Crippen LogP) is 9.05. The number of ketones is 1. The Morgan fingerprint density at radius 2 is 1.59 bits per heavy atom. The van der Waals surface area contributed by atoms with E-state index >= 15 is 0 Å². The van der Waals surface area contributed by atoms with Gasteiger partial charge in [0.05, 0.1) is 11.1 Å². The molecular formula is C28H37F3O2S. The predicted molar refractivity (Wildman–Crippen MR) is 137 cm³/mol. The number of rotatable bonds is 5. The van der Waals surface area contributed by atoms with Crippen molar-refractivity contribution >= 4 is 23.1 Å². The smallest absolute Gasteiger partial charge is 0.416 e. The van der Waals surface area contributed by atoms with Crippen molar-refractivity contribution in [1.29, 1.82) is 0 Å². The summed E-state index contributed by atoms with van der Waals surface area (Å²) in [6, 6.07) is 10.9. The van der Waals surface area contributed by atoms with E-state index in [9.17, 15) is 23.1 Å². The van der Waals surface area contributed by atoms with Gasteiger partial charge in [0, 0.05) is 23.5 Å². The van der Waals surface area contributed by atoms with E-state index in [-0.39, 0.29) is 23.4 Å². The minimum absolute atomic E-state index is 0.00829. The third kappa shape index (κ3) is 7.93. The summed E-state index contributed by atoms with van der Waals surface area (Å²) >= 11 is 1.47. The third-order valence-electron chi connectivity index (χ3n) is 5.62. The van der Waals surface area contributed by atoms with Gasteiger partial charge in [-0.2, -0.15) is 13.2 Å². The number of benzene rings is 2. The molecule has 188 valence electrons. The monoisotopic (exact) mass is 494 g/mol. The lowest BCUT2D eigenvalue weighted by molar-refractivity contribution is -0.137. The van der Waals surface area contributed by atoms with Gasteiger partial charge in [0.25, 0.3) is 0 Å². The van der Waals surface area contributed by atoms with Crippen LogP contribution in [0, 0.1) is 25.7 Å². The Hall–Kier alpha value is -2.21. The molecule has 2 unspecified atom stereocenters. The summed E-state index contributed by atoms with van der Waals surface area (Å²) in [4.78, 5) is 13.6. The maximum absolute atomic E-state index is 12.8. The minimum Gasteiger partial charge on any atom is -0.512 e. The molecule has 0 aliphatic heterocycles. The van der Waals surface area contributed by atoms with Crippen LogP contribution in [-0.2, 0) is 11.0 Å². The number of carbonyl (C=O) groups excluding carboxylic acids is 1. The summed E-state index contributed by atoms with van der Waals surface area (Å²) in [7, 11) is 0. The molecule has 0 heterocycles. The van der Waals surface area contributed by atoms with Crippen molar-refractivity contribution in [3.05, 3.63) is 70.5 Å². The quantitative estimate of drug-likeness (QED) is 0.421. The molecule has 34 heavy (non-hydrogen) atoms. The zero-order valence-corrected chi connectivity index (χ0v) is 22.0. The Bertz CT molecular complexity index is 963. The van der Waals surface area contributed by atoms with E-state index < -0.39 is 11.7 Å². The number of allylic oxidation sites excluding steroid dienone is 2. The highest BCUT2D eigenvalue weighted by molar-refractivity contribution is 7.99. The van der Waals surface area contributed by atoms with Crippen molar-refractivity contribution in [3.63, 3.8) is 0 Å². The number of aryl methyl sites for hydroxylation is 2. The first-order valence-corrected chi connectivity index (χ1v) is 12.9. The second-order valence-electron chi connectivity index (χ2n) is 8.04. The van der Waals surface area contributed by atoms with Crippen LogP contribution in [0.5, 0.6) is 0 Å². The van der Waals surface area contributed by atoms with Crippen LogP contribution in [0.1, 0.15) is 69.7 Å². The van der Waals surface area contributed by atoms with Crippen molar-refractivity contribution in [2.24, 2.45) is 11.8 Å². The van der Waals surface area contributed by atoms with Crippen molar-refractivity contribution in [3.8, 4) is 0 Å². The number of alkyl halides is 3. The second-order valence-corrected chi connectivity index (χ2v) is 9.14. The molecule has 0 saturated heterocycles. The number of thioether (sulfide) groups is 1. The van der Waals surface area contributed by atoms with E-state index in [1.165, 1.54) is 23.9 Å². The van der Waals surface area contributed by atoms with Gasteiger partial charge in [-0.25, -0.2) is 0 Å². The largest absolute Gasteiger partial charge is 0.512 e. The van der Waals surface area contributed by atoms with Crippen LogP contribution in [0.3, 0.4) is 0 Å². The van der Waals surface area contributed by atoms with Crippen LogP contribution in [0.2, 0.25) is 0 Å². The Morgan fingerprint density at radius 3 is 2.09 bits per heavy atom. The van der Waals surface area contributed by atoms with Gasteiger partial charge >= 0.3 is 6.18 Å². The van der Waals surface area contributed by atoms with E-state index in [1.54, 1.807) is 0 Å². The zero-order valence-electron chi connectivity index (χ0n) is 21.2. The topological polar surface area (TPSA) is 37.3 Å². The van der Waals surface area contributed by atoms with Crippen molar-refractivity contribution in [2.45, 2.75) is 72.4 Å². The molecule has 0 radical (unpaired) electrons. The van der Waals surface area contributed by atoms with Gasteiger partial charge in [0.2, 0.25) is 0 Å². The fraction of sp³-hybridized carbons (Fsp3) is 0.464. The maximum atomic E-state index is 12.8. The van der Waals surface area contributed by atoms with Gasteiger partial charge in [0.15, 0.2) is 5.78 Å². The highest BCUT2D eigenvalue weighted by atomic mass is 32.2. The summed E-state index contributed by atoms with van der Waals surface area (Å²) < 4.78 is 38.0. The molecule has 1 N–H and O–H groups in total. The average Bonchev–Trinajstić information content (AvgIpc) is 2.80. The van der Waals surface area contributed by atoms with Gasteiger partial charge in [-0.3, -0.25) is 4.79 Å². The molecular weight excluding hydrogens is 457 g/mol. The van der Waals surface area contributed by atoms with Crippen molar-refractivity contribution in [2.75, 3.05) is 5.75 Å². The molecule has 0 fully saturated rings. The molecule has 0 bridgehead atoms. The minimum atomic E-state index is -4.34. The van der Waals surface area contributed by atoms with Crippen LogP contribution >= 0.6 is 11.8 Å². The third-order valence-corrected chi connectivity index (χ3v) is 6.92. The highest BCUT2D eigenvalue weighted by Crippen LogP contribution is 2.38. The Labute approximate surface area is 206 Å². The maximum Gasteiger partial charge on any atom is 0.416 e. The van der Waals surface area contributed by atoms with Crippen LogP contribution in [-0.4, -0.2) is 16.6 Å². The Kier molecular flexibility index (Phi) is 11.9. The molecule has 2 aromatic carbocycles. The molecule has 0 saturated carbocycles. The SMILES string of the molecule is CC.CC.Cc1ccc(C2=C(O)CC(C(C)CSc3ccc(C(F)(F)F)cc3)CC2=O)c(C)c1. The van der Waals surface area contributed by atoms with E-state index in [2.05, 4.69) is 0 Å². The molecule has 1 aliphatic rings. The van der Waals surface area contributed by atoms with E-state index in [1.807, 2.05) is 66.7 Å². The first kappa shape index (κ1) is 29.8. The lowest BCUT2D eigenvalue weighted by atomic mass is 9.78. The molecule has 3 rings (SSSR count). The summed E-state index contributed by atoms with van der Waals surface area (Å²) in [5.74, 6) is 0.879. The molecule has 1 aliphatic carbocycles. The van der Waals surface area contributed by atoms with Gasteiger partial charge < -0.3 is 5.11 Å². The van der Waals surface area contributed by atoms with Gasteiger partial charge in [0.1, 0.15) is 5.76 Å². The zero-order chi connectivity index (χ0) is 26.1. The number of carbonyl (C=O) groups is 1. The number of aliphatic hydroxyl groups is 1. The standard InChI is InChI=1S/C24H25F3O2S.2C2H6/c1-14-4-9-20(15(2)10-14)23-21(28)11-17(12-22(23)29)16(3)13-30-19-7-5-18(6-8-19)24(25,26)27;2*1-2/h4-10,16-17,28H,11-13H2,1-3H3;2*1-2H3. The first-order valence-electron chi connectivity index (χ1n) is 11.9. The molecule has 2 atom stereocenters. The van der Waals surface area contributed by atoms with Crippen LogP contribution < -0.4 is 0 Å². The molecule has 0 spiro atoms. The van der Waals surface area contributed by atoms with Crippen molar-refractivity contribution in [1.82, 2.24) is 0 Å². The Balaban J connectivity index is 0.00000137. The summed E-state index contributed by atoms with van der Waals surface area (Å²) in [6.07, 6.45) is -3.54. The van der Waals surface area contributed by atoms with Gasteiger partial charge in [-0.05, 0) is 61.1 Å². The fourth-order valence-electron chi connectivity index (χ4n) is 3.83. The van der Waals surface area contributed by atoms with Crippen molar-refractivity contribution < 1.29 is 23.1 Å². The molecule has 0 amide bonds.